The Morgan fingerprint density at radius 1 is 1.30 bits per heavy atom. The molecule has 1 fully saturated rings. The predicted molar refractivity (Wildman–Crippen MR) is 87.0 cm³/mol. The Hall–Kier alpha value is -1.06. The summed E-state index contributed by atoms with van der Waals surface area (Å²) in [5, 5.41) is 0. The van der Waals surface area contributed by atoms with Gasteiger partial charge < -0.3 is 15.5 Å². The van der Waals surface area contributed by atoms with Crippen molar-refractivity contribution < 1.29 is 0 Å². The summed E-state index contributed by atoms with van der Waals surface area (Å²) in [7, 11) is 4.40. The van der Waals surface area contributed by atoms with Gasteiger partial charge in [-0.15, -0.1) is 0 Å². The molecule has 2 atom stereocenters. The van der Waals surface area contributed by atoms with Crippen LogP contribution in [0, 0.1) is 0 Å². The molecule has 0 spiro atoms. The van der Waals surface area contributed by atoms with E-state index >= 15 is 0 Å². The van der Waals surface area contributed by atoms with Crippen molar-refractivity contribution in [2.24, 2.45) is 0 Å². The van der Waals surface area contributed by atoms with Gasteiger partial charge in [-0.3, -0.25) is 0 Å². The van der Waals surface area contributed by atoms with Crippen LogP contribution < -0.4 is 5.73 Å². The van der Waals surface area contributed by atoms with Crippen molar-refractivity contribution in [2.45, 2.75) is 38.1 Å². The summed E-state index contributed by atoms with van der Waals surface area (Å²) in [6.45, 7) is 6.01. The smallest absolute Gasteiger partial charge is 0.0314 e. The van der Waals surface area contributed by atoms with E-state index in [1.165, 1.54) is 44.5 Å². The first-order valence-corrected chi connectivity index (χ1v) is 7.80. The van der Waals surface area contributed by atoms with Crippen molar-refractivity contribution in [3.63, 3.8) is 0 Å². The number of likely N-dealkylation sites (tertiary alicyclic amines) is 1. The van der Waals surface area contributed by atoms with Crippen molar-refractivity contribution >= 4 is 5.69 Å². The van der Waals surface area contributed by atoms with Crippen LogP contribution in [-0.2, 0) is 0 Å². The molecule has 2 unspecified atom stereocenters. The molecule has 2 N–H and O–H groups in total. The summed E-state index contributed by atoms with van der Waals surface area (Å²) in [4.78, 5) is 5.00. The second kappa shape index (κ2) is 7.09. The maximum Gasteiger partial charge on any atom is 0.0314 e. The number of hydrogen-bond acceptors (Lipinski definition) is 3. The van der Waals surface area contributed by atoms with Gasteiger partial charge in [-0.2, -0.15) is 0 Å². The maximum atomic E-state index is 5.75. The molecule has 1 heterocycles. The third-order valence-electron chi connectivity index (χ3n) is 4.59. The van der Waals surface area contributed by atoms with Crippen LogP contribution >= 0.6 is 0 Å². The van der Waals surface area contributed by atoms with Gasteiger partial charge in [0.05, 0.1) is 0 Å². The first-order chi connectivity index (χ1) is 9.56. The van der Waals surface area contributed by atoms with Crippen LogP contribution in [0.25, 0.3) is 0 Å². The Morgan fingerprint density at radius 2 is 2.00 bits per heavy atom. The van der Waals surface area contributed by atoms with Gasteiger partial charge in [-0.05, 0) is 70.1 Å². The fourth-order valence-corrected chi connectivity index (χ4v) is 3.02. The number of nitrogens with zero attached hydrogens (tertiary/aromatic N) is 2. The number of benzene rings is 1. The van der Waals surface area contributed by atoms with Gasteiger partial charge in [0.25, 0.3) is 0 Å². The standard InChI is InChI=1S/C17H29N3/c1-14(15-6-8-16(18)9-7-15)10-12-20-11-4-5-17(13-20)19(2)3/h6-9,14,17H,4-5,10-13,18H2,1-3H3. The highest BCUT2D eigenvalue weighted by Crippen LogP contribution is 2.22. The van der Waals surface area contributed by atoms with E-state index < -0.39 is 0 Å². The minimum absolute atomic E-state index is 0.607. The number of nitrogen functional groups attached to an aromatic ring is 1. The second-order valence-electron chi connectivity index (χ2n) is 6.42. The predicted octanol–water partition coefficient (Wildman–Crippen LogP) is 2.79. The van der Waals surface area contributed by atoms with E-state index in [0.29, 0.717) is 5.92 Å². The van der Waals surface area contributed by atoms with E-state index in [9.17, 15) is 0 Å². The molecule has 1 aromatic rings. The second-order valence-corrected chi connectivity index (χ2v) is 6.42. The number of likely N-dealkylation sites (N-methyl/N-ethyl adjacent to an activating group) is 1. The molecular weight excluding hydrogens is 246 g/mol. The first-order valence-electron chi connectivity index (χ1n) is 7.80. The van der Waals surface area contributed by atoms with Crippen LogP contribution in [-0.4, -0.2) is 49.6 Å². The number of nitrogens with two attached hydrogens (primary N) is 1. The Labute approximate surface area is 123 Å². The van der Waals surface area contributed by atoms with Crippen LogP contribution in [0.15, 0.2) is 24.3 Å². The zero-order chi connectivity index (χ0) is 14.5. The van der Waals surface area contributed by atoms with Crippen molar-refractivity contribution in [1.29, 1.82) is 0 Å². The minimum Gasteiger partial charge on any atom is -0.399 e. The molecule has 1 saturated heterocycles. The molecule has 0 aromatic heterocycles. The largest absolute Gasteiger partial charge is 0.399 e. The highest BCUT2D eigenvalue weighted by atomic mass is 15.2. The lowest BCUT2D eigenvalue weighted by Gasteiger charge is -2.36. The molecule has 112 valence electrons. The highest BCUT2D eigenvalue weighted by Gasteiger charge is 2.21. The Kier molecular flexibility index (Phi) is 5.44. The molecule has 0 bridgehead atoms. The zero-order valence-corrected chi connectivity index (χ0v) is 13.2. The summed E-state index contributed by atoms with van der Waals surface area (Å²) in [6, 6.07) is 9.08. The lowest BCUT2D eigenvalue weighted by atomic mass is 9.96. The number of piperidine rings is 1. The molecule has 2 rings (SSSR count). The van der Waals surface area contributed by atoms with Crippen LogP contribution in [0.5, 0.6) is 0 Å². The van der Waals surface area contributed by atoms with Gasteiger partial charge in [0.1, 0.15) is 0 Å². The van der Waals surface area contributed by atoms with E-state index in [2.05, 4.69) is 43.0 Å². The van der Waals surface area contributed by atoms with E-state index in [1.807, 2.05) is 12.1 Å². The van der Waals surface area contributed by atoms with E-state index in [4.69, 9.17) is 5.73 Å². The number of anilines is 1. The van der Waals surface area contributed by atoms with Crippen LogP contribution in [0.1, 0.15) is 37.7 Å². The first kappa shape index (κ1) is 15.3. The fraction of sp³-hybridized carbons (Fsp3) is 0.647. The van der Waals surface area contributed by atoms with Crippen LogP contribution in [0.4, 0.5) is 5.69 Å². The van der Waals surface area contributed by atoms with Crippen LogP contribution in [0.2, 0.25) is 0 Å². The van der Waals surface area contributed by atoms with Crippen LogP contribution in [0.3, 0.4) is 0 Å². The average molecular weight is 275 g/mol. The zero-order valence-electron chi connectivity index (χ0n) is 13.2. The molecular formula is C17H29N3. The van der Waals surface area contributed by atoms with E-state index in [1.54, 1.807) is 0 Å². The quantitative estimate of drug-likeness (QED) is 0.839. The fourth-order valence-electron chi connectivity index (χ4n) is 3.02. The Morgan fingerprint density at radius 3 is 2.65 bits per heavy atom. The average Bonchev–Trinajstić information content (AvgIpc) is 2.46. The van der Waals surface area contributed by atoms with Gasteiger partial charge in [0, 0.05) is 18.3 Å². The number of rotatable bonds is 5. The molecule has 0 saturated carbocycles. The molecule has 20 heavy (non-hydrogen) atoms. The highest BCUT2D eigenvalue weighted by molar-refractivity contribution is 5.40. The monoisotopic (exact) mass is 275 g/mol. The van der Waals surface area contributed by atoms with Crippen molar-refractivity contribution in [3.05, 3.63) is 29.8 Å². The van der Waals surface area contributed by atoms with Gasteiger partial charge in [0.15, 0.2) is 0 Å². The Balaban J connectivity index is 1.81. The number of hydrogen-bond donors (Lipinski definition) is 1. The summed E-state index contributed by atoms with van der Waals surface area (Å²) in [5.41, 5.74) is 8.00. The third-order valence-corrected chi connectivity index (χ3v) is 4.59. The summed E-state index contributed by atoms with van der Waals surface area (Å²) >= 11 is 0. The molecule has 1 aromatic carbocycles. The van der Waals surface area contributed by atoms with Gasteiger partial charge in [0.2, 0.25) is 0 Å². The lowest BCUT2D eigenvalue weighted by Crippen LogP contribution is -2.45. The normalized spacial score (nSPS) is 22.1. The van der Waals surface area contributed by atoms with Gasteiger partial charge in [-0.25, -0.2) is 0 Å². The maximum absolute atomic E-state index is 5.75. The molecule has 0 radical (unpaired) electrons. The van der Waals surface area contributed by atoms with Crippen molar-refractivity contribution in [1.82, 2.24) is 9.80 Å². The molecule has 1 aliphatic rings. The van der Waals surface area contributed by atoms with E-state index in [-0.39, 0.29) is 0 Å². The van der Waals surface area contributed by atoms with Gasteiger partial charge >= 0.3 is 0 Å². The van der Waals surface area contributed by atoms with Crippen molar-refractivity contribution in [2.75, 3.05) is 39.5 Å². The summed E-state index contributed by atoms with van der Waals surface area (Å²) in [5.74, 6) is 0.607. The minimum atomic E-state index is 0.607. The molecule has 0 aliphatic carbocycles. The van der Waals surface area contributed by atoms with Gasteiger partial charge in [-0.1, -0.05) is 19.1 Å². The topological polar surface area (TPSA) is 32.5 Å². The summed E-state index contributed by atoms with van der Waals surface area (Å²) < 4.78 is 0. The van der Waals surface area contributed by atoms with Crippen molar-refractivity contribution in [3.8, 4) is 0 Å². The lowest BCUT2D eigenvalue weighted by molar-refractivity contribution is 0.130. The molecule has 3 nitrogen and oxygen atoms in total. The van der Waals surface area contributed by atoms with E-state index in [0.717, 1.165) is 11.7 Å². The SMILES string of the molecule is CC(CCN1CCCC(N(C)C)C1)c1ccc(N)cc1. The Bertz CT molecular complexity index is 399. The molecule has 3 heteroatoms. The summed E-state index contributed by atoms with van der Waals surface area (Å²) in [6.07, 6.45) is 3.90. The molecule has 1 aliphatic heterocycles. The third kappa shape index (κ3) is 4.22. The molecule has 0 amide bonds.